The van der Waals surface area contributed by atoms with Gasteiger partial charge in [0.15, 0.2) is 0 Å². The van der Waals surface area contributed by atoms with Crippen LogP contribution in [-0.4, -0.2) is 37.3 Å². The van der Waals surface area contributed by atoms with Crippen LogP contribution in [0, 0.1) is 11.2 Å². The number of halogens is 1. The zero-order valence-corrected chi connectivity index (χ0v) is 17.9. The fraction of sp³-hybridized carbons (Fsp3) is 0.208. The number of hydrogen-bond donors (Lipinski definition) is 1. The van der Waals surface area contributed by atoms with Gasteiger partial charge in [0, 0.05) is 48.1 Å². The van der Waals surface area contributed by atoms with Gasteiger partial charge in [-0.3, -0.25) is 0 Å². The number of methoxy groups -OCH3 is 1. The molecule has 0 fully saturated rings. The van der Waals surface area contributed by atoms with E-state index >= 15 is 0 Å². The van der Waals surface area contributed by atoms with Crippen molar-refractivity contribution in [2.75, 3.05) is 7.11 Å². The molecule has 0 aliphatic rings. The first-order valence-corrected chi connectivity index (χ1v) is 10.2. The van der Waals surface area contributed by atoms with Gasteiger partial charge in [-0.05, 0) is 43.3 Å². The largest absolute Gasteiger partial charge is 0.481 e. The van der Waals surface area contributed by atoms with Crippen molar-refractivity contribution in [3.63, 3.8) is 0 Å². The van der Waals surface area contributed by atoms with E-state index in [1.807, 2.05) is 29.7 Å². The maximum atomic E-state index is 13.5. The van der Waals surface area contributed by atoms with Crippen LogP contribution in [0.25, 0.3) is 22.6 Å². The van der Waals surface area contributed by atoms with Gasteiger partial charge in [0.25, 0.3) is 0 Å². The lowest BCUT2D eigenvalue weighted by molar-refractivity contribution is 0.393. The Morgan fingerprint density at radius 1 is 1.09 bits per heavy atom. The Labute approximate surface area is 185 Å². The molecule has 3 heterocycles. The number of ether oxygens (including phenoxy) is 1. The van der Waals surface area contributed by atoms with Crippen LogP contribution in [0.5, 0.6) is 5.88 Å². The Morgan fingerprint density at radius 3 is 2.62 bits per heavy atom. The molecule has 4 rings (SSSR count). The van der Waals surface area contributed by atoms with Crippen LogP contribution in [0.4, 0.5) is 4.39 Å². The highest BCUT2D eigenvalue weighted by molar-refractivity contribution is 5.84. The van der Waals surface area contributed by atoms with Gasteiger partial charge < -0.3 is 14.7 Å². The second-order valence-corrected chi connectivity index (χ2v) is 7.46. The van der Waals surface area contributed by atoms with Crippen molar-refractivity contribution >= 4 is 5.71 Å². The van der Waals surface area contributed by atoms with Crippen LogP contribution in [0.15, 0.2) is 67.5 Å². The van der Waals surface area contributed by atoms with Crippen LogP contribution >= 0.6 is 0 Å². The highest BCUT2D eigenvalue weighted by Gasteiger charge is 2.20. The van der Waals surface area contributed by atoms with E-state index in [1.54, 1.807) is 38.0 Å². The Hall–Kier alpha value is -3.94. The van der Waals surface area contributed by atoms with Crippen LogP contribution in [0.2, 0.25) is 0 Å². The number of nitrogens with one attached hydrogen (secondary N) is 1. The molecule has 1 N–H and O–H groups in total. The zero-order valence-electron chi connectivity index (χ0n) is 17.9. The van der Waals surface area contributed by atoms with E-state index in [-0.39, 0.29) is 11.9 Å². The first-order chi connectivity index (χ1) is 15.6. The number of rotatable bonds is 8. The van der Waals surface area contributed by atoms with E-state index in [1.165, 1.54) is 18.5 Å². The van der Waals surface area contributed by atoms with Crippen molar-refractivity contribution in [2.45, 2.75) is 25.8 Å². The molecule has 4 aromatic rings. The minimum Gasteiger partial charge on any atom is -0.481 e. The molecule has 3 aromatic heterocycles. The molecule has 7 nitrogen and oxygen atoms in total. The van der Waals surface area contributed by atoms with Crippen molar-refractivity contribution in [3.05, 3.63) is 78.9 Å². The lowest BCUT2D eigenvalue weighted by atomic mass is 10.0. The van der Waals surface area contributed by atoms with Gasteiger partial charge in [-0.15, -0.1) is 0 Å². The van der Waals surface area contributed by atoms with E-state index in [0.717, 1.165) is 16.8 Å². The van der Waals surface area contributed by atoms with E-state index in [2.05, 4.69) is 19.9 Å². The number of hydrogen-bond acceptors (Lipinski definition) is 6. The quantitative estimate of drug-likeness (QED) is 0.407. The molecule has 162 valence electrons. The molecule has 0 aliphatic carbocycles. The summed E-state index contributed by atoms with van der Waals surface area (Å²) in [5, 5.41) is 8.56. The number of pyridine rings is 1. The number of aromatic nitrogens is 5. The fourth-order valence-electron chi connectivity index (χ4n) is 3.70. The van der Waals surface area contributed by atoms with Crippen molar-refractivity contribution in [2.24, 2.45) is 0 Å². The van der Waals surface area contributed by atoms with Crippen molar-refractivity contribution < 1.29 is 9.13 Å². The second kappa shape index (κ2) is 9.47. The standard InChI is InChI=1S/C24H23FN6O/c1-16(12-20(26)13-18-4-3-10-28-24(18)32-2)31-15-30-22(17-5-7-19(25)8-6-17)23(31)21-9-11-27-14-29-21/h3-11,14-16,26H,12-13H2,1-2H3. The first kappa shape index (κ1) is 21.3. The number of imidazole rings is 1. The Morgan fingerprint density at radius 2 is 1.91 bits per heavy atom. The van der Waals surface area contributed by atoms with E-state index < -0.39 is 0 Å². The van der Waals surface area contributed by atoms with Gasteiger partial charge in [-0.25, -0.2) is 24.3 Å². The minimum atomic E-state index is -0.301. The van der Waals surface area contributed by atoms with Gasteiger partial charge in [-0.1, -0.05) is 6.07 Å². The SMILES string of the molecule is COc1ncccc1CC(=N)CC(C)n1cnc(-c2ccc(F)cc2)c1-c1ccncn1. The van der Waals surface area contributed by atoms with Crippen LogP contribution < -0.4 is 4.74 Å². The normalized spacial score (nSPS) is 11.8. The van der Waals surface area contributed by atoms with E-state index in [9.17, 15) is 4.39 Å². The maximum absolute atomic E-state index is 13.5. The van der Waals surface area contributed by atoms with Crippen LogP contribution in [0.3, 0.4) is 0 Å². The minimum absolute atomic E-state index is 0.0585. The monoisotopic (exact) mass is 430 g/mol. The molecule has 0 radical (unpaired) electrons. The summed E-state index contributed by atoms with van der Waals surface area (Å²) in [6.07, 6.45) is 7.54. The smallest absolute Gasteiger partial charge is 0.216 e. The summed E-state index contributed by atoms with van der Waals surface area (Å²) >= 11 is 0. The average molecular weight is 430 g/mol. The molecule has 0 saturated carbocycles. The Kier molecular flexibility index (Phi) is 6.30. The summed E-state index contributed by atoms with van der Waals surface area (Å²) in [5.74, 6) is 0.234. The van der Waals surface area contributed by atoms with Crippen molar-refractivity contribution in [1.82, 2.24) is 24.5 Å². The predicted molar refractivity (Wildman–Crippen MR) is 120 cm³/mol. The summed E-state index contributed by atoms with van der Waals surface area (Å²) in [4.78, 5) is 17.2. The topological polar surface area (TPSA) is 89.6 Å². The molecular weight excluding hydrogens is 407 g/mol. The van der Waals surface area contributed by atoms with Crippen LogP contribution in [-0.2, 0) is 6.42 Å². The predicted octanol–water partition coefficient (Wildman–Crippen LogP) is 4.76. The van der Waals surface area contributed by atoms with Crippen molar-refractivity contribution in [3.8, 4) is 28.5 Å². The highest BCUT2D eigenvalue weighted by atomic mass is 19.1. The third-order valence-electron chi connectivity index (χ3n) is 5.20. The molecule has 32 heavy (non-hydrogen) atoms. The molecule has 1 atom stereocenters. The first-order valence-electron chi connectivity index (χ1n) is 10.2. The lowest BCUT2D eigenvalue weighted by Crippen LogP contribution is -2.13. The summed E-state index contributed by atoms with van der Waals surface area (Å²) in [6, 6.07) is 11.8. The average Bonchev–Trinajstić information content (AvgIpc) is 3.26. The molecule has 1 unspecified atom stereocenters. The fourth-order valence-corrected chi connectivity index (χ4v) is 3.70. The Balaban J connectivity index is 1.64. The maximum Gasteiger partial charge on any atom is 0.216 e. The second-order valence-electron chi connectivity index (χ2n) is 7.46. The van der Waals surface area contributed by atoms with Gasteiger partial charge in [0.2, 0.25) is 5.88 Å². The van der Waals surface area contributed by atoms with Crippen molar-refractivity contribution in [1.29, 1.82) is 5.41 Å². The zero-order chi connectivity index (χ0) is 22.5. The summed E-state index contributed by atoms with van der Waals surface area (Å²) in [5.41, 5.74) is 4.44. The molecule has 1 aromatic carbocycles. The third-order valence-corrected chi connectivity index (χ3v) is 5.20. The molecule has 0 spiro atoms. The van der Waals surface area contributed by atoms with Gasteiger partial charge in [0.05, 0.1) is 30.5 Å². The Bertz CT molecular complexity index is 1210. The molecule has 0 aliphatic heterocycles. The molecule has 0 saturated heterocycles. The van der Waals surface area contributed by atoms with Gasteiger partial charge in [-0.2, -0.15) is 0 Å². The lowest BCUT2D eigenvalue weighted by Gasteiger charge is -2.18. The van der Waals surface area contributed by atoms with Gasteiger partial charge in [0.1, 0.15) is 12.1 Å². The summed E-state index contributed by atoms with van der Waals surface area (Å²) in [7, 11) is 1.58. The summed E-state index contributed by atoms with van der Waals surface area (Å²) in [6.45, 7) is 2.04. The van der Waals surface area contributed by atoms with Gasteiger partial charge >= 0.3 is 0 Å². The highest BCUT2D eigenvalue weighted by Crippen LogP contribution is 2.33. The molecule has 0 amide bonds. The van der Waals surface area contributed by atoms with E-state index in [4.69, 9.17) is 10.1 Å². The third kappa shape index (κ3) is 4.54. The van der Waals surface area contributed by atoms with E-state index in [0.29, 0.717) is 35.8 Å². The molecule has 0 bridgehead atoms. The summed E-state index contributed by atoms with van der Waals surface area (Å²) < 4.78 is 20.8. The molecule has 8 heteroatoms. The number of nitrogens with zero attached hydrogens (tertiary/aromatic N) is 5. The molecular formula is C24H23FN6O. The number of benzene rings is 1. The van der Waals surface area contributed by atoms with Crippen LogP contribution in [0.1, 0.15) is 24.9 Å².